The van der Waals surface area contributed by atoms with Crippen molar-refractivity contribution in [1.29, 1.82) is 0 Å². The fraction of sp³-hybridized carbons (Fsp3) is 0. The van der Waals surface area contributed by atoms with Gasteiger partial charge >= 0.3 is 11.4 Å². The van der Waals surface area contributed by atoms with Crippen LogP contribution in [-0.2, 0) is 0 Å². The van der Waals surface area contributed by atoms with E-state index < -0.39 is 16.3 Å². The van der Waals surface area contributed by atoms with Gasteiger partial charge in [0, 0.05) is 0 Å². The van der Waals surface area contributed by atoms with Gasteiger partial charge in [0.2, 0.25) is 0 Å². The number of nitrogens with zero attached hydrogens (tertiary/aromatic N) is 2. The number of hydrogen-bond donors (Lipinski definition) is 1. The summed E-state index contributed by atoms with van der Waals surface area (Å²) in [6.45, 7) is 0. The largest absolute Gasteiger partial charge is 0.358 e. The fourth-order valence-corrected chi connectivity index (χ4v) is 0.459. The molecule has 0 saturated heterocycles. The van der Waals surface area contributed by atoms with Crippen LogP contribution in [0.3, 0.4) is 0 Å². The Morgan fingerprint density at radius 2 is 2.30 bits per heavy atom. The summed E-state index contributed by atoms with van der Waals surface area (Å²) in [6.07, 6.45) is 1.94. The van der Waals surface area contributed by atoms with Crippen molar-refractivity contribution in [3.05, 3.63) is 32.9 Å². The number of aromatic nitrogens is 2. The third-order valence-electron chi connectivity index (χ3n) is 0.837. The van der Waals surface area contributed by atoms with Gasteiger partial charge in [0.25, 0.3) is 0 Å². The van der Waals surface area contributed by atoms with Crippen LogP contribution in [-0.4, -0.2) is 14.9 Å². The van der Waals surface area contributed by atoms with Gasteiger partial charge in [-0.1, -0.05) is 0 Å². The average Bonchev–Trinajstić information content (AvgIpc) is 1.88. The highest BCUT2D eigenvalue weighted by Crippen LogP contribution is 1.96. The summed E-state index contributed by atoms with van der Waals surface area (Å²) in [6, 6.07) is 0. The van der Waals surface area contributed by atoms with E-state index in [2.05, 4.69) is 4.98 Å². The molecule has 1 N–H and O–H groups in total. The topological polar surface area (TPSA) is 88.9 Å². The lowest BCUT2D eigenvalue weighted by atomic mass is 10.7. The maximum atomic E-state index is 10.4. The molecule has 1 heterocycles. The Balaban J connectivity index is 3.20. The van der Waals surface area contributed by atoms with E-state index in [4.69, 9.17) is 0 Å². The summed E-state index contributed by atoms with van der Waals surface area (Å²) in [5.74, 6) is -0.396. The second-order valence-electron chi connectivity index (χ2n) is 1.54. The quantitative estimate of drug-likeness (QED) is 0.428. The van der Waals surface area contributed by atoms with Crippen LogP contribution in [0.1, 0.15) is 0 Å². The first kappa shape index (κ1) is 6.40. The van der Waals surface area contributed by atoms with Crippen molar-refractivity contribution < 1.29 is 4.92 Å². The van der Waals surface area contributed by atoms with Gasteiger partial charge in [0.05, 0.1) is 0 Å². The van der Waals surface area contributed by atoms with Crippen molar-refractivity contribution in [2.24, 2.45) is 0 Å². The molecule has 1 aromatic heterocycles. The van der Waals surface area contributed by atoms with E-state index in [9.17, 15) is 14.9 Å². The minimum atomic E-state index is -0.714. The third kappa shape index (κ3) is 1.16. The van der Waals surface area contributed by atoms with Crippen molar-refractivity contribution in [2.45, 2.75) is 0 Å². The number of rotatable bonds is 1. The normalized spacial score (nSPS) is 9.20. The summed E-state index contributed by atoms with van der Waals surface area (Å²) in [4.78, 5) is 24.9. The van der Waals surface area contributed by atoms with Gasteiger partial charge in [-0.3, -0.25) is 0 Å². The van der Waals surface area contributed by atoms with E-state index in [0.29, 0.717) is 0 Å². The van der Waals surface area contributed by atoms with E-state index in [-0.39, 0.29) is 0 Å². The molecule has 0 unspecified atom stereocenters. The van der Waals surface area contributed by atoms with Crippen LogP contribution in [0.25, 0.3) is 0 Å². The van der Waals surface area contributed by atoms with Crippen molar-refractivity contribution in [3.8, 4) is 0 Å². The predicted molar refractivity (Wildman–Crippen MR) is 31.5 cm³/mol. The minimum absolute atomic E-state index is 0.396. The highest BCUT2D eigenvalue weighted by Gasteiger charge is 2.01. The van der Waals surface area contributed by atoms with Crippen molar-refractivity contribution in [3.63, 3.8) is 0 Å². The number of H-pyrrole nitrogens is 1. The first-order valence-corrected chi connectivity index (χ1v) is 2.39. The summed E-state index contributed by atoms with van der Waals surface area (Å²) in [5, 5.41) is 9.95. The van der Waals surface area contributed by atoms with Crippen LogP contribution in [0.5, 0.6) is 0 Å². The predicted octanol–water partition coefficient (Wildman–Crippen LogP) is -0.322. The monoisotopic (exact) mass is 141 g/mol. The minimum Gasteiger partial charge on any atom is -0.358 e. The smallest absolute Gasteiger partial charge is 0.350 e. The third-order valence-corrected chi connectivity index (χ3v) is 0.837. The van der Waals surface area contributed by atoms with Crippen molar-refractivity contribution in [2.75, 3.05) is 0 Å². The van der Waals surface area contributed by atoms with E-state index >= 15 is 0 Å². The van der Waals surface area contributed by atoms with Gasteiger partial charge in [-0.25, -0.2) is 14.8 Å². The molecule has 0 aliphatic heterocycles. The second-order valence-corrected chi connectivity index (χ2v) is 1.54. The first-order chi connectivity index (χ1) is 4.70. The molecule has 0 aliphatic rings. The average molecular weight is 141 g/mol. The van der Waals surface area contributed by atoms with E-state index in [1.54, 1.807) is 0 Å². The van der Waals surface area contributed by atoms with Gasteiger partial charge in [0.1, 0.15) is 12.4 Å². The summed E-state index contributed by atoms with van der Waals surface area (Å²) < 4.78 is 0. The van der Waals surface area contributed by atoms with Gasteiger partial charge in [-0.2, -0.15) is 0 Å². The zero-order valence-electron chi connectivity index (χ0n) is 4.77. The van der Waals surface area contributed by atoms with Crippen LogP contribution in [0.2, 0.25) is 0 Å². The Kier molecular flexibility index (Phi) is 1.44. The molecule has 0 aromatic carbocycles. The van der Waals surface area contributed by atoms with Crippen molar-refractivity contribution >= 4 is 5.82 Å². The van der Waals surface area contributed by atoms with Crippen molar-refractivity contribution in [1.82, 2.24) is 9.97 Å². The maximum absolute atomic E-state index is 10.4. The number of aromatic amines is 1. The molecule has 0 atom stereocenters. The van der Waals surface area contributed by atoms with E-state index in [1.165, 1.54) is 0 Å². The van der Waals surface area contributed by atoms with Gasteiger partial charge in [0.15, 0.2) is 0 Å². The number of nitro groups is 1. The van der Waals surface area contributed by atoms with Gasteiger partial charge < -0.3 is 10.1 Å². The number of hydrogen-bond acceptors (Lipinski definition) is 4. The summed E-state index contributed by atoms with van der Waals surface area (Å²) in [7, 11) is 0. The highest BCUT2D eigenvalue weighted by atomic mass is 16.6. The highest BCUT2D eigenvalue weighted by molar-refractivity contribution is 5.09. The molecule has 6 nitrogen and oxygen atoms in total. The molecular weight excluding hydrogens is 138 g/mol. The number of nitrogens with one attached hydrogen (secondary N) is 1. The SMILES string of the molecule is O=c1cncc([N+](=O)[O-])[nH]1. The summed E-state index contributed by atoms with van der Waals surface area (Å²) in [5.41, 5.74) is -0.575. The van der Waals surface area contributed by atoms with E-state index in [0.717, 1.165) is 12.4 Å². The second kappa shape index (κ2) is 2.26. The Morgan fingerprint density at radius 1 is 1.60 bits per heavy atom. The fourth-order valence-electron chi connectivity index (χ4n) is 0.459. The molecule has 1 aromatic rings. The lowest BCUT2D eigenvalue weighted by Gasteiger charge is -1.88. The lowest BCUT2D eigenvalue weighted by molar-refractivity contribution is -0.390. The Bertz CT molecular complexity index is 305. The Morgan fingerprint density at radius 3 is 2.70 bits per heavy atom. The molecule has 0 spiro atoms. The van der Waals surface area contributed by atoms with Crippen LogP contribution < -0.4 is 5.56 Å². The standard InChI is InChI=1S/C4H3N3O3/c8-4-2-5-1-3(6-4)7(9)10/h1-2H,(H,6,8). The molecule has 10 heavy (non-hydrogen) atoms. The molecule has 0 saturated carbocycles. The molecular formula is C4H3N3O3. The molecule has 0 radical (unpaired) electrons. The molecule has 0 amide bonds. The van der Waals surface area contributed by atoms with Gasteiger partial charge in [-0.05, 0) is 4.92 Å². The van der Waals surface area contributed by atoms with Crippen LogP contribution in [0.4, 0.5) is 5.82 Å². The molecule has 0 bridgehead atoms. The molecule has 52 valence electrons. The molecule has 0 fully saturated rings. The zero-order chi connectivity index (χ0) is 7.56. The van der Waals surface area contributed by atoms with Gasteiger partial charge in [-0.15, -0.1) is 0 Å². The first-order valence-electron chi connectivity index (χ1n) is 2.39. The Hall–Kier alpha value is -1.72. The van der Waals surface area contributed by atoms with Crippen LogP contribution in [0, 0.1) is 10.1 Å². The molecule has 6 heteroatoms. The summed E-state index contributed by atoms with van der Waals surface area (Å²) >= 11 is 0. The van der Waals surface area contributed by atoms with Crippen LogP contribution in [0.15, 0.2) is 17.2 Å². The molecule has 1 rings (SSSR count). The Labute approximate surface area is 54.7 Å². The zero-order valence-corrected chi connectivity index (χ0v) is 4.77. The van der Waals surface area contributed by atoms with E-state index in [1.807, 2.05) is 4.98 Å². The lowest BCUT2D eigenvalue weighted by Crippen LogP contribution is -2.07. The maximum Gasteiger partial charge on any atom is 0.350 e. The molecule has 0 aliphatic carbocycles. The van der Waals surface area contributed by atoms with Crippen LogP contribution >= 0.6 is 0 Å².